The second-order valence-corrected chi connectivity index (χ2v) is 6.61. The van der Waals surface area contributed by atoms with Crippen LogP contribution in [0.3, 0.4) is 0 Å². The van der Waals surface area contributed by atoms with E-state index in [0.717, 1.165) is 37.7 Å². The van der Waals surface area contributed by atoms with Crippen molar-refractivity contribution in [1.82, 2.24) is 10.6 Å². The smallest absolute Gasteiger partial charge is 0.248 e. The summed E-state index contributed by atoms with van der Waals surface area (Å²) in [5.41, 5.74) is 9.29. The number of carbonyl (C=O) groups is 1. The third-order valence-electron chi connectivity index (χ3n) is 4.40. The van der Waals surface area contributed by atoms with Gasteiger partial charge in [0.15, 0.2) is 5.96 Å². The van der Waals surface area contributed by atoms with Gasteiger partial charge in [-0.15, -0.1) is 0 Å². The van der Waals surface area contributed by atoms with Crippen LogP contribution in [-0.2, 0) is 6.54 Å². The third-order valence-corrected chi connectivity index (χ3v) is 4.40. The van der Waals surface area contributed by atoms with E-state index in [1.165, 1.54) is 11.3 Å². The van der Waals surface area contributed by atoms with E-state index in [1.54, 1.807) is 12.1 Å². The third kappa shape index (κ3) is 6.61. The highest BCUT2D eigenvalue weighted by Crippen LogP contribution is 2.15. The number of nitrogens with two attached hydrogens (primary N) is 1. The molecule has 4 N–H and O–H groups in total. The molecule has 0 atom stereocenters. The van der Waals surface area contributed by atoms with E-state index in [1.807, 2.05) is 19.1 Å². The van der Waals surface area contributed by atoms with Gasteiger partial charge in [-0.05, 0) is 56.2 Å². The fourth-order valence-electron chi connectivity index (χ4n) is 2.94. The van der Waals surface area contributed by atoms with Gasteiger partial charge in [0.25, 0.3) is 0 Å². The second-order valence-electron chi connectivity index (χ2n) is 6.61. The first kappa shape index (κ1) is 21.3. The van der Waals surface area contributed by atoms with Crippen molar-refractivity contribution >= 4 is 17.6 Å². The minimum Gasteiger partial charge on any atom is -0.370 e. The van der Waals surface area contributed by atoms with Crippen molar-refractivity contribution in [2.45, 2.75) is 27.3 Å². The summed E-state index contributed by atoms with van der Waals surface area (Å²) < 4.78 is 0. The molecule has 0 aliphatic carbocycles. The van der Waals surface area contributed by atoms with Crippen molar-refractivity contribution in [3.63, 3.8) is 0 Å². The van der Waals surface area contributed by atoms with Crippen molar-refractivity contribution in [3.8, 4) is 0 Å². The molecule has 0 fully saturated rings. The molecule has 0 bridgehead atoms. The van der Waals surface area contributed by atoms with Crippen molar-refractivity contribution in [3.05, 3.63) is 65.2 Å². The van der Waals surface area contributed by atoms with E-state index in [4.69, 9.17) is 5.73 Å². The molecule has 2 aromatic carbocycles. The highest BCUT2D eigenvalue weighted by molar-refractivity contribution is 5.92. The predicted octanol–water partition coefficient (Wildman–Crippen LogP) is 2.68. The molecule has 0 aromatic heterocycles. The first-order valence-corrected chi connectivity index (χ1v) is 9.76. The minimum absolute atomic E-state index is 0.424. The van der Waals surface area contributed by atoms with E-state index in [-0.39, 0.29) is 0 Å². The number of likely N-dealkylation sites (N-methyl/N-ethyl adjacent to an activating group) is 1. The van der Waals surface area contributed by atoms with E-state index >= 15 is 0 Å². The number of amides is 1. The minimum atomic E-state index is -0.424. The highest BCUT2D eigenvalue weighted by Gasteiger charge is 2.05. The number of nitrogens with one attached hydrogen (secondary N) is 2. The number of anilines is 1. The van der Waals surface area contributed by atoms with E-state index in [2.05, 4.69) is 58.6 Å². The van der Waals surface area contributed by atoms with E-state index in [9.17, 15) is 4.79 Å². The molecule has 0 saturated heterocycles. The molecule has 0 heterocycles. The van der Waals surface area contributed by atoms with Gasteiger partial charge in [-0.3, -0.25) is 4.79 Å². The van der Waals surface area contributed by atoms with Gasteiger partial charge in [0.1, 0.15) is 0 Å². The van der Waals surface area contributed by atoms with Crippen molar-refractivity contribution in [2.75, 3.05) is 31.1 Å². The van der Waals surface area contributed by atoms with Crippen LogP contribution in [0.1, 0.15) is 35.3 Å². The number of benzene rings is 2. The summed E-state index contributed by atoms with van der Waals surface area (Å²) in [5.74, 6) is 0.332. The summed E-state index contributed by atoms with van der Waals surface area (Å²) in [6, 6.07) is 15.8. The molecule has 0 unspecified atom stereocenters. The maximum absolute atomic E-state index is 11.3. The summed E-state index contributed by atoms with van der Waals surface area (Å²) in [4.78, 5) is 18.3. The number of guanidine groups is 1. The number of aliphatic imine (C=N–C) groups is 1. The first-order chi connectivity index (χ1) is 13.5. The number of carbonyl (C=O) groups excluding carboxylic acids is 1. The van der Waals surface area contributed by atoms with Crippen LogP contribution < -0.4 is 21.3 Å². The lowest BCUT2D eigenvalue weighted by molar-refractivity contribution is 0.1000. The summed E-state index contributed by atoms with van der Waals surface area (Å²) >= 11 is 0. The Morgan fingerprint density at radius 1 is 1.11 bits per heavy atom. The van der Waals surface area contributed by atoms with Gasteiger partial charge in [-0.25, -0.2) is 4.99 Å². The number of nitrogens with zero attached hydrogens (tertiary/aromatic N) is 2. The van der Waals surface area contributed by atoms with Crippen LogP contribution in [0.2, 0.25) is 0 Å². The van der Waals surface area contributed by atoms with Gasteiger partial charge in [0, 0.05) is 37.4 Å². The normalized spacial score (nSPS) is 11.2. The predicted molar refractivity (Wildman–Crippen MR) is 117 cm³/mol. The van der Waals surface area contributed by atoms with Gasteiger partial charge >= 0.3 is 0 Å². The van der Waals surface area contributed by atoms with Gasteiger partial charge in [0.05, 0.1) is 6.54 Å². The van der Waals surface area contributed by atoms with Gasteiger partial charge in [0.2, 0.25) is 5.91 Å². The second kappa shape index (κ2) is 11.0. The molecular weight excluding hydrogens is 350 g/mol. The van der Waals surface area contributed by atoms with E-state index < -0.39 is 5.91 Å². The van der Waals surface area contributed by atoms with Crippen LogP contribution in [0.15, 0.2) is 53.5 Å². The summed E-state index contributed by atoms with van der Waals surface area (Å²) in [6.45, 7) is 10.2. The zero-order valence-corrected chi connectivity index (χ0v) is 17.0. The van der Waals surface area contributed by atoms with Gasteiger partial charge in [-0.1, -0.05) is 24.3 Å². The van der Waals surface area contributed by atoms with Crippen LogP contribution in [0.5, 0.6) is 0 Å². The molecule has 0 spiro atoms. The maximum Gasteiger partial charge on any atom is 0.248 e. The lowest BCUT2D eigenvalue weighted by atomic mass is 10.1. The molecule has 150 valence electrons. The number of aryl methyl sites for hydroxylation is 1. The molecule has 2 aromatic rings. The van der Waals surface area contributed by atoms with Crippen molar-refractivity contribution < 1.29 is 4.79 Å². The SMILES string of the molecule is CCNC(=NCc1cccc(C(N)=O)c1)NCCN(CC)c1cccc(C)c1. The molecule has 0 aliphatic heterocycles. The Bertz CT molecular complexity index is 803. The van der Waals surface area contributed by atoms with Crippen LogP contribution in [0.25, 0.3) is 0 Å². The zero-order valence-electron chi connectivity index (χ0n) is 17.0. The van der Waals surface area contributed by atoms with Crippen molar-refractivity contribution in [1.29, 1.82) is 0 Å². The fourth-order valence-corrected chi connectivity index (χ4v) is 2.94. The zero-order chi connectivity index (χ0) is 20.4. The summed E-state index contributed by atoms with van der Waals surface area (Å²) in [7, 11) is 0. The molecular formula is C22H31N5O. The van der Waals surface area contributed by atoms with Crippen LogP contribution in [0, 0.1) is 6.92 Å². The number of hydrogen-bond acceptors (Lipinski definition) is 3. The standard InChI is InChI=1S/C22H31N5O/c1-4-24-22(26-16-18-9-7-10-19(15-18)21(23)28)25-12-13-27(5-2)20-11-6-8-17(3)14-20/h6-11,14-15H,4-5,12-13,16H2,1-3H3,(H2,23,28)(H2,24,25,26). The summed E-state index contributed by atoms with van der Waals surface area (Å²) in [5, 5.41) is 6.64. The van der Waals surface area contributed by atoms with E-state index in [0.29, 0.717) is 12.1 Å². The summed E-state index contributed by atoms with van der Waals surface area (Å²) in [6.07, 6.45) is 0. The molecule has 0 aliphatic rings. The quantitative estimate of drug-likeness (QED) is 0.461. The van der Waals surface area contributed by atoms with Crippen LogP contribution >= 0.6 is 0 Å². The molecule has 2 rings (SSSR count). The lowest BCUT2D eigenvalue weighted by Gasteiger charge is -2.24. The Morgan fingerprint density at radius 3 is 2.57 bits per heavy atom. The molecule has 0 radical (unpaired) electrons. The lowest BCUT2D eigenvalue weighted by Crippen LogP contribution is -2.41. The molecule has 0 saturated carbocycles. The monoisotopic (exact) mass is 381 g/mol. The first-order valence-electron chi connectivity index (χ1n) is 9.76. The van der Waals surface area contributed by atoms with Crippen molar-refractivity contribution in [2.24, 2.45) is 10.7 Å². The average molecular weight is 382 g/mol. The Balaban J connectivity index is 1.95. The Hall–Kier alpha value is -3.02. The molecule has 28 heavy (non-hydrogen) atoms. The molecule has 6 heteroatoms. The fraction of sp³-hybridized carbons (Fsp3) is 0.364. The van der Waals surface area contributed by atoms with Crippen LogP contribution in [0.4, 0.5) is 5.69 Å². The Morgan fingerprint density at radius 2 is 1.89 bits per heavy atom. The van der Waals surface area contributed by atoms with Gasteiger partial charge in [-0.2, -0.15) is 0 Å². The number of rotatable bonds is 9. The van der Waals surface area contributed by atoms with Crippen LogP contribution in [-0.4, -0.2) is 38.0 Å². The molecule has 6 nitrogen and oxygen atoms in total. The average Bonchev–Trinajstić information content (AvgIpc) is 2.69. The van der Waals surface area contributed by atoms with Gasteiger partial charge < -0.3 is 21.3 Å². The highest BCUT2D eigenvalue weighted by atomic mass is 16.1. The Kier molecular flexibility index (Phi) is 8.34. The topological polar surface area (TPSA) is 82.7 Å². The Labute approximate surface area is 167 Å². The molecule has 1 amide bonds. The number of hydrogen-bond donors (Lipinski definition) is 3. The largest absolute Gasteiger partial charge is 0.370 e. The maximum atomic E-state index is 11.3. The number of primary amides is 1.